The number of thiophene rings is 1. The van der Waals surface area contributed by atoms with Gasteiger partial charge in [-0.15, -0.1) is 35.3 Å². The molecule has 2 aromatic heterocycles. The van der Waals surface area contributed by atoms with Crippen LogP contribution >= 0.6 is 46.9 Å². The number of guanidine groups is 1. The van der Waals surface area contributed by atoms with E-state index in [-0.39, 0.29) is 24.0 Å². The minimum Gasteiger partial charge on any atom is -0.497 e. The first kappa shape index (κ1) is 22.5. The fourth-order valence-corrected chi connectivity index (χ4v) is 3.39. The second kappa shape index (κ2) is 11.3. The zero-order valence-electron chi connectivity index (χ0n) is 15.6. The molecule has 1 aromatic carbocycles. The van der Waals surface area contributed by atoms with Gasteiger partial charge in [0.15, 0.2) is 5.96 Å². The van der Waals surface area contributed by atoms with Crippen molar-refractivity contribution in [1.29, 1.82) is 0 Å². The van der Waals surface area contributed by atoms with E-state index >= 15 is 0 Å². The van der Waals surface area contributed by atoms with Gasteiger partial charge < -0.3 is 19.8 Å². The SMILES string of the molecule is CN=C(NCCc1ccc(OC)cc1Cl)NCc1coc(-c2cccs2)n1.I. The summed E-state index contributed by atoms with van der Waals surface area (Å²) >= 11 is 7.87. The average molecular weight is 533 g/mol. The van der Waals surface area contributed by atoms with Crippen LogP contribution in [-0.2, 0) is 13.0 Å². The van der Waals surface area contributed by atoms with Crippen molar-refractivity contribution >= 4 is 52.9 Å². The molecule has 28 heavy (non-hydrogen) atoms. The van der Waals surface area contributed by atoms with Crippen LogP contribution in [-0.4, -0.2) is 31.6 Å². The van der Waals surface area contributed by atoms with Crippen LogP contribution < -0.4 is 15.4 Å². The molecule has 0 aliphatic rings. The van der Waals surface area contributed by atoms with E-state index in [4.69, 9.17) is 20.8 Å². The molecule has 6 nitrogen and oxygen atoms in total. The van der Waals surface area contributed by atoms with Crippen molar-refractivity contribution < 1.29 is 9.15 Å². The molecule has 0 atom stereocenters. The number of hydrogen-bond acceptors (Lipinski definition) is 5. The first-order valence-electron chi connectivity index (χ1n) is 8.45. The predicted octanol–water partition coefficient (Wildman–Crippen LogP) is 4.59. The first-order valence-corrected chi connectivity index (χ1v) is 9.70. The molecular weight excluding hydrogens is 511 g/mol. The number of oxazole rings is 1. The molecule has 9 heteroatoms. The van der Waals surface area contributed by atoms with Crippen molar-refractivity contribution in [3.05, 3.63) is 58.3 Å². The van der Waals surface area contributed by atoms with Crippen LogP contribution in [0, 0.1) is 0 Å². The molecule has 2 N–H and O–H groups in total. The van der Waals surface area contributed by atoms with Gasteiger partial charge in [0.25, 0.3) is 0 Å². The van der Waals surface area contributed by atoms with Crippen molar-refractivity contribution in [3.63, 3.8) is 0 Å². The molecular formula is C19H22ClIN4O2S. The second-order valence-corrected chi connectivity index (χ2v) is 7.04. The summed E-state index contributed by atoms with van der Waals surface area (Å²) in [6.07, 6.45) is 2.43. The fourth-order valence-electron chi connectivity index (χ4n) is 2.47. The summed E-state index contributed by atoms with van der Waals surface area (Å²) in [7, 11) is 3.36. The van der Waals surface area contributed by atoms with Gasteiger partial charge in [-0.2, -0.15) is 0 Å². The number of nitrogens with one attached hydrogen (secondary N) is 2. The van der Waals surface area contributed by atoms with Crippen molar-refractivity contribution in [1.82, 2.24) is 15.6 Å². The van der Waals surface area contributed by atoms with Gasteiger partial charge in [0.05, 0.1) is 24.2 Å². The highest BCUT2D eigenvalue weighted by atomic mass is 127. The molecule has 3 aromatic rings. The van der Waals surface area contributed by atoms with Crippen LogP contribution in [0.25, 0.3) is 10.8 Å². The van der Waals surface area contributed by atoms with Crippen LogP contribution in [0.15, 0.2) is 51.4 Å². The lowest BCUT2D eigenvalue weighted by Gasteiger charge is -2.12. The number of ether oxygens (including phenoxy) is 1. The summed E-state index contributed by atoms with van der Waals surface area (Å²) in [6.45, 7) is 1.23. The van der Waals surface area contributed by atoms with Gasteiger partial charge in [-0.25, -0.2) is 4.98 Å². The van der Waals surface area contributed by atoms with E-state index < -0.39 is 0 Å². The van der Waals surface area contributed by atoms with Crippen molar-refractivity contribution in [3.8, 4) is 16.5 Å². The number of rotatable bonds is 7. The Hall–Kier alpha value is -1.78. The number of methoxy groups -OCH3 is 1. The number of benzene rings is 1. The molecule has 0 radical (unpaired) electrons. The highest BCUT2D eigenvalue weighted by Crippen LogP contribution is 2.24. The number of halogens is 2. The molecule has 0 fully saturated rings. The molecule has 0 spiro atoms. The molecule has 0 amide bonds. The number of aliphatic imine (C=N–C) groups is 1. The number of nitrogens with zero attached hydrogens (tertiary/aromatic N) is 2. The molecule has 150 valence electrons. The van der Waals surface area contributed by atoms with Gasteiger partial charge in [-0.1, -0.05) is 23.7 Å². The lowest BCUT2D eigenvalue weighted by molar-refractivity contribution is 0.414. The molecule has 0 aliphatic carbocycles. The Kier molecular flexibility index (Phi) is 9.07. The highest BCUT2D eigenvalue weighted by Gasteiger charge is 2.08. The molecule has 0 aliphatic heterocycles. The first-order chi connectivity index (χ1) is 13.2. The Balaban J connectivity index is 0.00000280. The molecule has 0 unspecified atom stereocenters. The smallest absolute Gasteiger partial charge is 0.236 e. The maximum Gasteiger partial charge on any atom is 0.236 e. The van der Waals surface area contributed by atoms with E-state index in [0.29, 0.717) is 30.0 Å². The van der Waals surface area contributed by atoms with E-state index in [1.165, 1.54) is 0 Å². The van der Waals surface area contributed by atoms with E-state index in [9.17, 15) is 0 Å². The summed E-state index contributed by atoms with van der Waals surface area (Å²) in [5.41, 5.74) is 1.87. The van der Waals surface area contributed by atoms with Gasteiger partial charge in [-0.3, -0.25) is 4.99 Å². The summed E-state index contributed by atoms with van der Waals surface area (Å²) in [6, 6.07) is 9.66. The molecule has 2 heterocycles. The molecule has 0 saturated carbocycles. The minimum atomic E-state index is 0. The third-order valence-electron chi connectivity index (χ3n) is 3.89. The largest absolute Gasteiger partial charge is 0.497 e. The molecule has 3 rings (SSSR count). The van der Waals surface area contributed by atoms with Crippen molar-refractivity contribution in [2.45, 2.75) is 13.0 Å². The predicted molar refractivity (Wildman–Crippen MR) is 125 cm³/mol. The second-order valence-electron chi connectivity index (χ2n) is 5.68. The van der Waals surface area contributed by atoms with E-state index in [1.54, 1.807) is 31.8 Å². The third-order valence-corrected chi connectivity index (χ3v) is 5.10. The summed E-state index contributed by atoms with van der Waals surface area (Å²) < 4.78 is 10.7. The van der Waals surface area contributed by atoms with Crippen LogP contribution in [0.5, 0.6) is 5.75 Å². The van der Waals surface area contributed by atoms with Crippen molar-refractivity contribution in [2.24, 2.45) is 4.99 Å². The highest BCUT2D eigenvalue weighted by molar-refractivity contribution is 14.0. The Labute approximate surface area is 190 Å². The zero-order chi connectivity index (χ0) is 19.1. The van der Waals surface area contributed by atoms with Crippen LogP contribution in [0.1, 0.15) is 11.3 Å². The van der Waals surface area contributed by atoms with Crippen LogP contribution in [0.2, 0.25) is 5.02 Å². The Morgan fingerprint density at radius 3 is 2.86 bits per heavy atom. The lowest BCUT2D eigenvalue weighted by Crippen LogP contribution is -2.37. The summed E-state index contributed by atoms with van der Waals surface area (Å²) in [4.78, 5) is 9.72. The third kappa shape index (κ3) is 6.11. The fraction of sp³-hybridized carbons (Fsp3) is 0.263. The van der Waals surface area contributed by atoms with Gasteiger partial charge in [-0.05, 0) is 35.6 Å². The summed E-state index contributed by atoms with van der Waals surface area (Å²) in [5, 5.41) is 9.20. The van der Waals surface area contributed by atoms with Gasteiger partial charge in [0.1, 0.15) is 12.0 Å². The maximum atomic E-state index is 6.27. The summed E-state index contributed by atoms with van der Waals surface area (Å²) in [5.74, 6) is 2.09. The number of hydrogen-bond donors (Lipinski definition) is 2. The van der Waals surface area contributed by atoms with Crippen LogP contribution in [0.4, 0.5) is 0 Å². The average Bonchev–Trinajstić information content (AvgIpc) is 3.37. The standard InChI is InChI=1S/C19H21ClN4O2S.HI/c1-21-19(22-8-7-13-5-6-15(25-2)10-16(13)20)23-11-14-12-26-18(24-14)17-4-3-9-27-17;/h3-6,9-10,12H,7-8,11H2,1-2H3,(H2,21,22,23);1H. The van der Waals surface area contributed by atoms with Crippen LogP contribution in [0.3, 0.4) is 0 Å². The van der Waals surface area contributed by atoms with E-state index in [2.05, 4.69) is 20.6 Å². The zero-order valence-corrected chi connectivity index (χ0v) is 19.5. The Morgan fingerprint density at radius 2 is 2.18 bits per heavy atom. The molecule has 0 saturated heterocycles. The maximum absolute atomic E-state index is 6.27. The monoisotopic (exact) mass is 532 g/mol. The Bertz CT molecular complexity index is 899. The van der Waals surface area contributed by atoms with E-state index in [1.807, 2.05) is 35.7 Å². The van der Waals surface area contributed by atoms with Gasteiger partial charge in [0, 0.05) is 18.6 Å². The quantitative estimate of drug-likeness (QED) is 0.265. The molecule has 0 bridgehead atoms. The van der Waals surface area contributed by atoms with Gasteiger partial charge in [0.2, 0.25) is 5.89 Å². The van der Waals surface area contributed by atoms with Gasteiger partial charge >= 0.3 is 0 Å². The normalized spacial score (nSPS) is 11.0. The lowest BCUT2D eigenvalue weighted by atomic mass is 10.1. The Morgan fingerprint density at radius 1 is 1.32 bits per heavy atom. The van der Waals surface area contributed by atoms with Crippen molar-refractivity contribution in [2.75, 3.05) is 20.7 Å². The number of aromatic nitrogens is 1. The van der Waals surface area contributed by atoms with E-state index in [0.717, 1.165) is 28.3 Å². The minimum absolute atomic E-state index is 0. The topological polar surface area (TPSA) is 71.7 Å².